The van der Waals surface area contributed by atoms with Crippen LogP contribution in [-0.4, -0.2) is 20.3 Å². The summed E-state index contributed by atoms with van der Waals surface area (Å²) in [5, 5.41) is 13.4. The van der Waals surface area contributed by atoms with Crippen LogP contribution < -0.4 is 5.32 Å². The molecule has 114 valence electrons. The van der Waals surface area contributed by atoms with Crippen LogP contribution in [0.3, 0.4) is 0 Å². The predicted octanol–water partition coefficient (Wildman–Crippen LogP) is 3.82. The number of aryl methyl sites for hydroxylation is 1. The Kier molecular flexibility index (Phi) is 4.96. The number of hydrogen-bond donors (Lipinski definition) is 1. The lowest BCUT2D eigenvalue weighted by Gasteiger charge is -2.21. The number of halogens is 1. The van der Waals surface area contributed by atoms with E-state index in [1.807, 2.05) is 30.7 Å². The molecule has 0 spiro atoms. The Hall–Kier alpha value is -1.04. The van der Waals surface area contributed by atoms with Crippen LogP contribution >= 0.6 is 23.4 Å². The lowest BCUT2D eigenvalue weighted by molar-refractivity contribution is 0.422. The first kappa shape index (κ1) is 16.3. The Balaban J connectivity index is 2.25. The van der Waals surface area contributed by atoms with Crippen molar-refractivity contribution < 1.29 is 0 Å². The second-order valence-electron chi connectivity index (χ2n) is 6.05. The SMILES string of the molecule is Cc1nnc(Sc2cc(Cl)ccc2CNC(C)(C)C)n1C. The van der Waals surface area contributed by atoms with Gasteiger partial charge in [0, 0.05) is 29.0 Å². The van der Waals surface area contributed by atoms with E-state index in [2.05, 4.69) is 42.4 Å². The molecular formula is C15H21ClN4S. The second kappa shape index (κ2) is 6.38. The van der Waals surface area contributed by atoms with Crippen molar-refractivity contribution in [3.8, 4) is 0 Å². The number of nitrogens with one attached hydrogen (secondary N) is 1. The zero-order valence-corrected chi connectivity index (χ0v) is 14.6. The van der Waals surface area contributed by atoms with Crippen LogP contribution in [0.15, 0.2) is 28.3 Å². The van der Waals surface area contributed by atoms with Crippen molar-refractivity contribution in [3.05, 3.63) is 34.6 Å². The van der Waals surface area contributed by atoms with E-state index in [1.54, 1.807) is 11.8 Å². The average Bonchev–Trinajstić information content (AvgIpc) is 2.69. The topological polar surface area (TPSA) is 42.7 Å². The van der Waals surface area contributed by atoms with Crippen molar-refractivity contribution in [3.63, 3.8) is 0 Å². The highest BCUT2D eigenvalue weighted by molar-refractivity contribution is 7.99. The van der Waals surface area contributed by atoms with Crippen molar-refractivity contribution in [1.82, 2.24) is 20.1 Å². The molecule has 0 aliphatic rings. The summed E-state index contributed by atoms with van der Waals surface area (Å²) in [4.78, 5) is 1.11. The average molecular weight is 325 g/mol. The Bertz CT molecular complexity index is 631. The molecule has 0 atom stereocenters. The Morgan fingerprint density at radius 2 is 2.00 bits per heavy atom. The maximum absolute atomic E-state index is 6.14. The molecule has 0 aliphatic carbocycles. The molecule has 4 nitrogen and oxygen atoms in total. The van der Waals surface area contributed by atoms with E-state index in [9.17, 15) is 0 Å². The first-order chi connectivity index (χ1) is 9.76. The maximum atomic E-state index is 6.14. The molecule has 1 aromatic carbocycles. The summed E-state index contributed by atoms with van der Waals surface area (Å²) in [6.45, 7) is 9.20. The van der Waals surface area contributed by atoms with Crippen molar-refractivity contribution in [2.75, 3.05) is 0 Å². The fourth-order valence-electron chi connectivity index (χ4n) is 1.70. The van der Waals surface area contributed by atoms with E-state index in [0.29, 0.717) is 0 Å². The maximum Gasteiger partial charge on any atom is 0.195 e. The van der Waals surface area contributed by atoms with Gasteiger partial charge >= 0.3 is 0 Å². The van der Waals surface area contributed by atoms with Crippen molar-refractivity contribution >= 4 is 23.4 Å². The van der Waals surface area contributed by atoms with Gasteiger partial charge in [-0.05, 0) is 57.2 Å². The Labute approximate surface area is 135 Å². The van der Waals surface area contributed by atoms with Crippen LogP contribution in [0, 0.1) is 6.92 Å². The summed E-state index contributed by atoms with van der Waals surface area (Å²) in [6.07, 6.45) is 0. The smallest absolute Gasteiger partial charge is 0.195 e. The van der Waals surface area contributed by atoms with E-state index in [1.165, 1.54) is 5.56 Å². The standard InChI is InChI=1S/C15H21ClN4S/c1-10-18-19-14(20(10)5)21-13-8-12(16)7-6-11(13)9-17-15(2,3)4/h6-8,17H,9H2,1-5H3. The molecule has 21 heavy (non-hydrogen) atoms. The lowest BCUT2D eigenvalue weighted by atomic mass is 10.1. The first-order valence-electron chi connectivity index (χ1n) is 6.83. The molecule has 0 radical (unpaired) electrons. The van der Waals surface area contributed by atoms with Gasteiger partial charge < -0.3 is 9.88 Å². The summed E-state index contributed by atoms with van der Waals surface area (Å²) in [5.74, 6) is 0.897. The van der Waals surface area contributed by atoms with E-state index in [4.69, 9.17) is 11.6 Å². The molecule has 0 fully saturated rings. The van der Waals surface area contributed by atoms with Crippen molar-refractivity contribution in [2.45, 2.75) is 49.8 Å². The minimum atomic E-state index is 0.0724. The molecular weight excluding hydrogens is 304 g/mol. The van der Waals surface area contributed by atoms with Gasteiger partial charge in [0.25, 0.3) is 0 Å². The van der Waals surface area contributed by atoms with Crippen LogP contribution in [-0.2, 0) is 13.6 Å². The number of nitrogens with zero attached hydrogens (tertiary/aromatic N) is 3. The van der Waals surface area contributed by atoms with Gasteiger partial charge in [-0.15, -0.1) is 10.2 Å². The third-order valence-corrected chi connectivity index (χ3v) is 4.47. The van der Waals surface area contributed by atoms with Crippen molar-refractivity contribution in [1.29, 1.82) is 0 Å². The van der Waals surface area contributed by atoms with Crippen LogP contribution in [0.1, 0.15) is 32.2 Å². The van der Waals surface area contributed by atoms with Gasteiger partial charge in [0.2, 0.25) is 0 Å². The molecule has 1 heterocycles. The molecule has 2 rings (SSSR count). The zero-order valence-electron chi connectivity index (χ0n) is 13.1. The fourth-order valence-corrected chi connectivity index (χ4v) is 2.95. The Morgan fingerprint density at radius 1 is 1.29 bits per heavy atom. The fraction of sp³-hybridized carbons (Fsp3) is 0.467. The molecule has 0 aliphatic heterocycles. The monoisotopic (exact) mass is 324 g/mol. The molecule has 0 saturated carbocycles. The highest BCUT2D eigenvalue weighted by Crippen LogP contribution is 2.31. The molecule has 2 aromatic rings. The number of benzene rings is 1. The second-order valence-corrected chi connectivity index (χ2v) is 7.49. The summed E-state index contributed by atoms with van der Waals surface area (Å²) in [5.41, 5.74) is 1.28. The molecule has 0 unspecified atom stereocenters. The summed E-state index contributed by atoms with van der Waals surface area (Å²) in [6, 6.07) is 5.97. The number of hydrogen-bond acceptors (Lipinski definition) is 4. The molecule has 1 aromatic heterocycles. The normalized spacial score (nSPS) is 11.9. The minimum absolute atomic E-state index is 0.0724. The predicted molar refractivity (Wildman–Crippen MR) is 87.9 cm³/mol. The third-order valence-electron chi connectivity index (χ3n) is 3.09. The summed E-state index contributed by atoms with van der Waals surface area (Å²) < 4.78 is 1.98. The third kappa shape index (κ3) is 4.46. The van der Waals surface area contributed by atoms with E-state index in [0.717, 1.165) is 27.4 Å². The summed E-state index contributed by atoms with van der Waals surface area (Å²) in [7, 11) is 1.97. The largest absolute Gasteiger partial charge is 0.309 e. The van der Waals surface area contributed by atoms with E-state index >= 15 is 0 Å². The minimum Gasteiger partial charge on any atom is -0.309 e. The zero-order chi connectivity index (χ0) is 15.6. The molecule has 0 saturated heterocycles. The van der Waals surface area contributed by atoms with Crippen LogP contribution in [0.25, 0.3) is 0 Å². The van der Waals surface area contributed by atoms with Gasteiger partial charge in [0.15, 0.2) is 5.16 Å². The highest BCUT2D eigenvalue weighted by Gasteiger charge is 2.14. The Morgan fingerprint density at radius 3 is 2.57 bits per heavy atom. The highest BCUT2D eigenvalue weighted by atomic mass is 35.5. The first-order valence-corrected chi connectivity index (χ1v) is 8.03. The molecule has 1 N–H and O–H groups in total. The van der Waals surface area contributed by atoms with E-state index < -0.39 is 0 Å². The quantitative estimate of drug-likeness (QED) is 0.928. The van der Waals surface area contributed by atoms with Crippen LogP contribution in [0.4, 0.5) is 0 Å². The van der Waals surface area contributed by atoms with Crippen LogP contribution in [0.2, 0.25) is 5.02 Å². The van der Waals surface area contributed by atoms with E-state index in [-0.39, 0.29) is 5.54 Å². The lowest BCUT2D eigenvalue weighted by Crippen LogP contribution is -2.35. The van der Waals surface area contributed by atoms with Gasteiger partial charge in [-0.2, -0.15) is 0 Å². The van der Waals surface area contributed by atoms with Gasteiger partial charge in [-0.3, -0.25) is 0 Å². The van der Waals surface area contributed by atoms with Gasteiger partial charge in [0.05, 0.1) is 0 Å². The van der Waals surface area contributed by atoms with Crippen molar-refractivity contribution in [2.24, 2.45) is 7.05 Å². The van der Waals surface area contributed by atoms with Gasteiger partial charge in [-0.25, -0.2) is 0 Å². The molecule has 6 heteroatoms. The van der Waals surface area contributed by atoms with Gasteiger partial charge in [-0.1, -0.05) is 17.7 Å². The van der Waals surface area contributed by atoms with Gasteiger partial charge in [0.1, 0.15) is 5.82 Å². The van der Waals surface area contributed by atoms with Crippen LogP contribution in [0.5, 0.6) is 0 Å². The molecule has 0 amide bonds. The number of rotatable bonds is 4. The number of aromatic nitrogens is 3. The summed E-state index contributed by atoms with van der Waals surface area (Å²) >= 11 is 7.73. The molecule has 0 bridgehead atoms.